The van der Waals surface area contributed by atoms with E-state index in [9.17, 15) is 4.79 Å². The molecule has 8 heteroatoms. The Labute approximate surface area is 147 Å². The Hall–Kier alpha value is -2.38. The molecule has 0 saturated carbocycles. The third-order valence-corrected chi connectivity index (χ3v) is 4.42. The minimum Gasteiger partial charge on any atom is -0.347 e. The van der Waals surface area contributed by atoms with Gasteiger partial charge in [0.2, 0.25) is 5.89 Å². The molecule has 3 heterocycles. The van der Waals surface area contributed by atoms with Crippen LogP contribution in [0, 0.1) is 0 Å². The Morgan fingerprint density at radius 2 is 2.24 bits per heavy atom. The summed E-state index contributed by atoms with van der Waals surface area (Å²) < 4.78 is 5.33. The molecule has 1 aliphatic rings. The first-order valence-corrected chi connectivity index (χ1v) is 8.77. The fourth-order valence-corrected chi connectivity index (χ4v) is 2.96. The van der Waals surface area contributed by atoms with Gasteiger partial charge in [-0.15, -0.1) is 0 Å². The van der Waals surface area contributed by atoms with E-state index in [0.29, 0.717) is 18.3 Å². The fraction of sp³-hybridized carbons (Fsp3) is 0.647. The van der Waals surface area contributed by atoms with Crippen LogP contribution in [0.3, 0.4) is 0 Å². The Balaban J connectivity index is 1.69. The van der Waals surface area contributed by atoms with Crippen molar-refractivity contribution in [2.75, 3.05) is 6.54 Å². The van der Waals surface area contributed by atoms with Crippen LogP contribution in [0.25, 0.3) is 0 Å². The molecule has 1 saturated heterocycles. The molecule has 2 atom stereocenters. The smallest absolute Gasteiger partial charge is 0.318 e. The molecule has 1 aliphatic heterocycles. The summed E-state index contributed by atoms with van der Waals surface area (Å²) in [7, 11) is 0. The summed E-state index contributed by atoms with van der Waals surface area (Å²) in [5.41, 5.74) is -0.192. The third-order valence-electron chi connectivity index (χ3n) is 4.42. The normalized spacial score (nSPS) is 19.7. The van der Waals surface area contributed by atoms with Gasteiger partial charge < -0.3 is 19.7 Å². The molecule has 1 fully saturated rings. The highest BCUT2D eigenvalue weighted by Crippen LogP contribution is 2.29. The van der Waals surface area contributed by atoms with Gasteiger partial charge in [0.1, 0.15) is 11.9 Å². The third kappa shape index (κ3) is 3.83. The number of aromatic amines is 1. The predicted octanol–water partition coefficient (Wildman–Crippen LogP) is 3.09. The molecule has 0 bridgehead atoms. The van der Waals surface area contributed by atoms with Gasteiger partial charge in [-0.3, -0.25) is 0 Å². The Morgan fingerprint density at radius 1 is 1.44 bits per heavy atom. The Bertz CT molecular complexity index is 703. The lowest BCUT2D eigenvalue weighted by Gasteiger charge is -2.35. The van der Waals surface area contributed by atoms with E-state index in [4.69, 9.17) is 4.52 Å². The van der Waals surface area contributed by atoms with Crippen molar-refractivity contribution in [3.8, 4) is 0 Å². The summed E-state index contributed by atoms with van der Waals surface area (Å²) in [6.07, 6.45) is 6.49. The van der Waals surface area contributed by atoms with E-state index in [0.717, 1.165) is 25.1 Å². The number of likely N-dealkylation sites (tertiary alicyclic amines) is 1. The van der Waals surface area contributed by atoms with E-state index in [1.54, 1.807) is 12.4 Å². The van der Waals surface area contributed by atoms with E-state index in [-0.39, 0.29) is 23.5 Å². The van der Waals surface area contributed by atoms with Crippen LogP contribution in [-0.2, 0) is 5.41 Å². The molecule has 2 amide bonds. The molecule has 2 N–H and O–H groups in total. The number of carbonyl (C=O) groups excluding carboxylic acids is 1. The summed E-state index contributed by atoms with van der Waals surface area (Å²) in [5.74, 6) is 1.88. The number of imidazole rings is 1. The number of H-pyrrole nitrogens is 1. The standard InChI is InChI=1S/C17H26N6O2/c1-11(14-21-15(22-25-14)17(2,3)4)20-16(24)23-10-6-5-7-12(23)13-18-8-9-19-13/h8-9,11-12H,5-7,10H2,1-4H3,(H,18,19)(H,20,24)/t11-,12-/m0/s1. The van der Waals surface area contributed by atoms with Crippen LogP contribution in [-0.4, -0.2) is 37.6 Å². The SMILES string of the molecule is C[C@H](NC(=O)N1CCCC[C@H]1c1ncc[nH]1)c1nc(C(C)(C)C)no1. The maximum atomic E-state index is 12.8. The summed E-state index contributed by atoms with van der Waals surface area (Å²) >= 11 is 0. The zero-order valence-electron chi connectivity index (χ0n) is 15.2. The topological polar surface area (TPSA) is 99.9 Å². The van der Waals surface area contributed by atoms with Crippen molar-refractivity contribution in [3.63, 3.8) is 0 Å². The van der Waals surface area contributed by atoms with Gasteiger partial charge in [0.05, 0.1) is 6.04 Å². The lowest BCUT2D eigenvalue weighted by molar-refractivity contribution is 0.143. The highest BCUT2D eigenvalue weighted by molar-refractivity contribution is 5.75. The van der Waals surface area contributed by atoms with Crippen LogP contribution in [0.5, 0.6) is 0 Å². The molecule has 0 aliphatic carbocycles. The molecule has 136 valence electrons. The Kier molecular flexibility index (Phi) is 4.78. The number of carbonyl (C=O) groups is 1. The van der Waals surface area contributed by atoms with Crippen molar-refractivity contribution in [3.05, 3.63) is 29.9 Å². The van der Waals surface area contributed by atoms with Crippen molar-refractivity contribution >= 4 is 6.03 Å². The van der Waals surface area contributed by atoms with E-state index >= 15 is 0 Å². The monoisotopic (exact) mass is 346 g/mol. The van der Waals surface area contributed by atoms with Gasteiger partial charge in [0.15, 0.2) is 5.82 Å². The van der Waals surface area contributed by atoms with Crippen molar-refractivity contribution < 1.29 is 9.32 Å². The summed E-state index contributed by atoms with van der Waals surface area (Å²) in [5, 5.41) is 6.99. The molecule has 25 heavy (non-hydrogen) atoms. The van der Waals surface area contributed by atoms with E-state index in [2.05, 4.69) is 25.4 Å². The number of aromatic nitrogens is 4. The number of hydrogen-bond acceptors (Lipinski definition) is 5. The number of piperidine rings is 1. The molecule has 0 spiro atoms. The van der Waals surface area contributed by atoms with E-state index in [1.807, 2.05) is 32.6 Å². The van der Waals surface area contributed by atoms with Gasteiger partial charge in [-0.25, -0.2) is 9.78 Å². The molecule has 0 radical (unpaired) electrons. The van der Waals surface area contributed by atoms with Crippen molar-refractivity contribution in [1.29, 1.82) is 0 Å². The second-order valence-corrected chi connectivity index (χ2v) is 7.56. The van der Waals surface area contributed by atoms with Gasteiger partial charge >= 0.3 is 6.03 Å². The van der Waals surface area contributed by atoms with E-state index in [1.165, 1.54) is 0 Å². The average molecular weight is 346 g/mol. The van der Waals surface area contributed by atoms with Gasteiger partial charge in [-0.2, -0.15) is 4.98 Å². The van der Waals surface area contributed by atoms with Crippen LogP contribution < -0.4 is 5.32 Å². The Morgan fingerprint density at radius 3 is 2.88 bits per heavy atom. The predicted molar refractivity (Wildman–Crippen MR) is 91.8 cm³/mol. The number of nitrogens with zero attached hydrogens (tertiary/aromatic N) is 4. The van der Waals surface area contributed by atoms with Crippen molar-refractivity contribution in [2.45, 2.75) is 64.5 Å². The van der Waals surface area contributed by atoms with E-state index < -0.39 is 0 Å². The second kappa shape index (κ2) is 6.85. The van der Waals surface area contributed by atoms with Crippen LogP contribution in [0.4, 0.5) is 4.79 Å². The molecule has 0 unspecified atom stereocenters. The quantitative estimate of drug-likeness (QED) is 0.889. The molecule has 3 rings (SSSR count). The molecule has 8 nitrogen and oxygen atoms in total. The fourth-order valence-electron chi connectivity index (χ4n) is 2.96. The first-order chi connectivity index (χ1) is 11.9. The van der Waals surface area contributed by atoms with Gasteiger partial charge in [-0.1, -0.05) is 25.9 Å². The van der Waals surface area contributed by atoms with Gasteiger partial charge in [0.25, 0.3) is 0 Å². The highest BCUT2D eigenvalue weighted by Gasteiger charge is 2.31. The summed E-state index contributed by atoms with van der Waals surface area (Å²) in [4.78, 5) is 26.5. The maximum absolute atomic E-state index is 12.8. The maximum Gasteiger partial charge on any atom is 0.318 e. The molecular weight excluding hydrogens is 320 g/mol. The second-order valence-electron chi connectivity index (χ2n) is 7.56. The largest absolute Gasteiger partial charge is 0.347 e. The molecule has 2 aromatic rings. The van der Waals surface area contributed by atoms with Gasteiger partial charge in [-0.05, 0) is 26.2 Å². The van der Waals surface area contributed by atoms with Gasteiger partial charge in [0, 0.05) is 24.4 Å². The number of urea groups is 1. The lowest BCUT2D eigenvalue weighted by atomic mass is 9.96. The summed E-state index contributed by atoms with van der Waals surface area (Å²) in [6, 6.07) is -0.511. The minimum absolute atomic E-state index is 0.0243. The minimum atomic E-state index is -0.352. The lowest BCUT2D eigenvalue weighted by Crippen LogP contribution is -2.45. The van der Waals surface area contributed by atoms with Crippen molar-refractivity contribution in [2.24, 2.45) is 0 Å². The van der Waals surface area contributed by atoms with Crippen LogP contribution >= 0.6 is 0 Å². The molecular formula is C17H26N6O2. The number of amides is 2. The zero-order valence-corrected chi connectivity index (χ0v) is 15.2. The molecule has 0 aromatic carbocycles. The van der Waals surface area contributed by atoms with Crippen molar-refractivity contribution in [1.82, 2.24) is 30.3 Å². The van der Waals surface area contributed by atoms with Crippen LogP contribution in [0.2, 0.25) is 0 Å². The number of nitrogens with one attached hydrogen (secondary N) is 2. The first-order valence-electron chi connectivity index (χ1n) is 8.77. The van der Waals surface area contributed by atoms with Crippen LogP contribution in [0.1, 0.15) is 76.6 Å². The van der Waals surface area contributed by atoms with Crippen LogP contribution in [0.15, 0.2) is 16.9 Å². The summed E-state index contributed by atoms with van der Waals surface area (Å²) in [6.45, 7) is 8.62. The molecule has 2 aromatic heterocycles. The first kappa shape index (κ1) is 17.4. The number of rotatable bonds is 3. The average Bonchev–Trinajstić information content (AvgIpc) is 3.26. The zero-order chi connectivity index (χ0) is 18.0. The highest BCUT2D eigenvalue weighted by atomic mass is 16.5. The number of hydrogen-bond donors (Lipinski definition) is 2.